The Balaban J connectivity index is 1.66. The summed E-state index contributed by atoms with van der Waals surface area (Å²) in [6, 6.07) is 14.0. The molecule has 176 valence electrons. The molecule has 0 radical (unpaired) electrons. The van der Waals surface area contributed by atoms with Gasteiger partial charge in [0.25, 0.3) is 5.91 Å². The number of nitrogens with one attached hydrogen (secondary N) is 1. The second kappa shape index (κ2) is 10.0. The second-order valence-electron chi connectivity index (χ2n) is 7.81. The zero-order chi connectivity index (χ0) is 24.2. The molecular formula is C25H25N3O5S. The fourth-order valence-electron chi connectivity index (χ4n) is 4.16. The number of likely N-dealkylation sites (N-methyl/N-ethyl adjacent to an activating group) is 1. The number of hydrogen-bond donors (Lipinski definition) is 1. The zero-order valence-corrected chi connectivity index (χ0v) is 19.9. The van der Waals surface area contributed by atoms with Crippen molar-refractivity contribution < 1.29 is 23.9 Å². The molecule has 8 nitrogen and oxygen atoms in total. The summed E-state index contributed by atoms with van der Waals surface area (Å²) < 4.78 is 10.2. The number of thiazole rings is 1. The van der Waals surface area contributed by atoms with E-state index in [2.05, 4.69) is 10.3 Å². The van der Waals surface area contributed by atoms with Crippen molar-refractivity contribution in [2.24, 2.45) is 0 Å². The summed E-state index contributed by atoms with van der Waals surface area (Å²) in [5, 5.41) is 4.99. The first kappa shape index (κ1) is 23.4. The molecule has 4 rings (SSSR count). The lowest BCUT2D eigenvalue weighted by atomic mass is 9.79. The number of fused-ring (bicyclic) bond motifs is 1. The monoisotopic (exact) mass is 479 g/mol. The number of hydrogen-bond acceptors (Lipinski definition) is 7. The van der Waals surface area contributed by atoms with E-state index in [-0.39, 0.29) is 24.2 Å². The number of carbonyl (C=O) groups is 3. The SMILES string of the molecule is CCOC(=O)Cc1csc(NC(=O)C2c3ccccc3C(=O)N(C)C2c2ccc(OC)cc2)n1. The summed E-state index contributed by atoms with van der Waals surface area (Å²) in [6.45, 7) is 2.04. The van der Waals surface area contributed by atoms with Crippen LogP contribution in [0.2, 0.25) is 0 Å². The number of carbonyl (C=O) groups excluding carboxylic acids is 3. The van der Waals surface area contributed by atoms with Crippen molar-refractivity contribution in [3.8, 4) is 5.75 Å². The molecule has 9 heteroatoms. The average Bonchev–Trinajstić information content (AvgIpc) is 3.27. The number of aromatic nitrogens is 1. The standard InChI is InChI=1S/C25H25N3O5S/c1-4-33-20(29)13-16-14-34-25(26-16)27-23(30)21-18-7-5-6-8-19(18)24(31)28(2)22(21)15-9-11-17(32-3)12-10-15/h5-12,14,21-22H,4,13H2,1-3H3,(H,26,27,30). The molecule has 2 unspecified atom stereocenters. The van der Waals surface area contributed by atoms with E-state index >= 15 is 0 Å². The highest BCUT2D eigenvalue weighted by atomic mass is 32.1. The number of amides is 2. The highest BCUT2D eigenvalue weighted by Gasteiger charge is 2.42. The summed E-state index contributed by atoms with van der Waals surface area (Å²) in [4.78, 5) is 44.5. The summed E-state index contributed by atoms with van der Waals surface area (Å²) in [7, 11) is 3.29. The minimum Gasteiger partial charge on any atom is -0.497 e. The van der Waals surface area contributed by atoms with E-state index in [1.54, 1.807) is 43.5 Å². The Labute approximate surface area is 201 Å². The first-order chi connectivity index (χ1) is 16.4. The second-order valence-corrected chi connectivity index (χ2v) is 8.67. The Hall–Kier alpha value is -3.72. The molecule has 2 heterocycles. The predicted octanol–water partition coefficient (Wildman–Crippen LogP) is 3.81. The van der Waals surface area contributed by atoms with Gasteiger partial charge in [0.05, 0.1) is 37.8 Å². The largest absolute Gasteiger partial charge is 0.497 e. The fourth-order valence-corrected chi connectivity index (χ4v) is 4.88. The Kier molecular flexibility index (Phi) is 6.93. The van der Waals surface area contributed by atoms with E-state index in [4.69, 9.17) is 9.47 Å². The van der Waals surface area contributed by atoms with Gasteiger partial charge in [-0.3, -0.25) is 14.4 Å². The third-order valence-electron chi connectivity index (χ3n) is 5.73. The van der Waals surface area contributed by atoms with Crippen LogP contribution in [0.1, 0.15) is 46.1 Å². The van der Waals surface area contributed by atoms with E-state index in [1.165, 1.54) is 11.3 Å². The molecule has 0 saturated carbocycles. The van der Waals surface area contributed by atoms with Crippen LogP contribution in [0.5, 0.6) is 5.75 Å². The summed E-state index contributed by atoms with van der Waals surface area (Å²) in [5.74, 6) is -0.778. The third-order valence-corrected chi connectivity index (χ3v) is 6.54. The van der Waals surface area contributed by atoms with E-state index in [9.17, 15) is 14.4 Å². The van der Waals surface area contributed by atoms with Crippen molar-refractivity contribution in [3.63, 3.8) is 0 Å². The molecule has 1 N–H and O–H groups in total. The van der Waals surface area contributed by atoms with Gasteiger partial charge in [0, 0.05) is 18.0 Å². The number of benzene rings is 2. The van der Waals surface area contributed by atoms with E-state index in [0.717, 1.165) is 5.56 Å². The molecule has 34 heavy (non-hydrogen) atoms. The molecule has 2 aromatic carbocycles. The van der Waals surface area contributed by atoms with E-state index in [0.29, 0.717) is 34.3 Å². The van der Waals surface area contributed by atoms with Gasteiger partial charge in [-0.05, 0) is 36.2 Å². The molecule has 1 aliphatic rings. The summed E-state index contributed by atoms with van der Waals surface area (Å²) >= 11 is 1.24. The molecule has 0 aliphatic carbocycles. The average molecular weight is 480 g/mol. The zero-order valence-electron chi connectivity index (χ0n) is 19.1. The lowest BCUT2D eigenvalue weighted by Gasteiger charge is -2.39. The first-order valence-electron chi connectivity index (χ1n) is 10.8. The quantitative estimate of drug-likeness (QED) is 0.518. The molecule has 2 atom stereocenters. The molecule has 0 bridgehead atoms. The van der Waals surface area contributed by atoms with Gasteiger partial charge >= 0.3 is 5.97 Å². The van der Waals surface area contributed by atoms with Crippen molar-refractivity contribution in [3.05, 3.63) is 76.3 Å². The summed E-state index contributed by atoms with van der Waals surface area (Å²) in [5.41, 5.74) is 2.50. The lowest BCUT2D eigenvalue weighted by molar-refractivity contribution is -0.142. The van der Waals surface area contributed by atoms with Gasteiger partial charge in [0.1, 0.15) is 5.75 Å². The van der Waals surface area contributed by atoms with Gasteiger partial charge in [-0.2, -0.15) is 0 Å². The molecule has 1 aromatic heterocycles. The van der Waals surface area contributed by atoms with Crippen LogP contribution < -0.4 is 10.1 Å². The number of esters is 1. The van der Waals surface area contributed by atoms with Crippen molar-refractivity contribution >= 4 is 34.3 Å². The Morgan fingerprint density at radius 3 is 2.59 bits per heavy atom. The van der Waals surface area contributed by atoms with Crippen LogP contribution in [0.3, 0.4) is 0 Å². The van der Waals surface area contributed by atoms with Crippen LogP contribution in [0.25, 0.3) is 0 Å². The maximum absolute atomic E-state index is 13.6. The van der Waals surface area contributed by atoms with Gasteiger partial charge in [0.15, 0.2) is 5.13 Å². The van der Waals surface area contributed by atoms with Crippen LogP contribution in [-0.4, -0.2) is 48.4 Å². The highest BCUT2D eigenvalue weighted by Crippen LogP contribution is 2.43. The van der Waals surface area contributed by atoms with Crippen molar-refractivity contribution in [2.45, 2.75) is 25.3 Å². The van der Waals surface area contributed by atoms with Gasteiger partial charge in [0.2, 0.25) is 5.91 Å². The van der Waals surface area contributed by atoms with Gasteiger partial charge in [-0.25, -0.2) is 4.98 Å². The smallest absolute Gasteiger partial charge is 0.311 e. The molecule has 2 amide bonds. The minimum absolute atomic E-state index is 0.0399. The van der Waals surface area contributed by atoms with Crippen LogP contribution in [0.15, 0.2) is 53.9 Å². The van der Waals surface area contributed by atoms with Crippen LogP contribution in [0, 0.1) is 0 Å². The molecule has 3 aromatic rings. The van der Waals surface area contributed by atoms with Gasteiger partial charge in [-0.15, -0.1) is 11.3 Å². The lowest BCUT2D eigenvalue weighted by Crippen LogP contribution is -2.44. The number of ether oxygens (including phenoxy) is 2. The first-order valence-corrected chi connectivity index (χ1v) is 11.7. The van der Waals surface area contributed by atoms with Gasteiger partial charge < -0.3 is 19.7 Å². The highest BCUT2D eigenvalue weighted by molar-refractivity contribution is 7.13. The van der Waals surface area contributed by atoms with Crippen molar-refractivity contribution in [2.75, 3.05) is 26.1 Å². The van der Waals surface area contributed by atoms with Crippen molar-refractivity contribution in [1.82, 2.24) is 9.88 Å². The Morgan fingerprint density at radius 1 is 1.15 bits per heavy atom. The Morgan fingerprint density at radius 2 is 1.88 bits per heavy atom. The molecular weight excluding hydrogens is 454 g/mol. The maximum atomic E-state index is 13.6. The van der Waals surface area contributed by atoms with Crippen LogP contribution in [0.4, 0.5) is 5.13 Å². The number of nitrogens with zero attached hydrogens (tertiary/aromatic N) is 2. The van der Waals surface area contributed by atoms with Crippen LogP contribution >= 0.6 is 11.3 Å². The Bertz CT molecular complexity index is 1210. The van der Waals surface area contributed by atoms with Crippen molar-refractivity contribution in [1.29, 1.82) is 0 Å². The molecule has 0 fully saturated rings. The minimum atomic E-state index is -0.662. The van der Waals surface area contributed by atoms with Crippen LogP contribution in [-0.2, 0) is 20.7 Å². The number of methoxy groups -OCH3 is 1. The predicted molar refractivity (Wildman–Crippen MR) is 128 cm³/mol. The summed E-state index contributed by atoms with van der Waals surface area (Å²) in [6.07, 6.45) is 0.0399. The molecule has 1 aliphatic heterocycles. The number of anilines is 1. The fraction of sp³-hybridized carbons (Fsp3) is 0.280. The van der Waals surface area contributed by atoms with Gasteiger partial charge in [-0.1, -0.05) is 30.3 Å². The third kappa shape index (κ3) is 4.65. The number of rotatable bonds is 7. The maximum Gasteiger partial charge on any atom is 0.311 e. The van der Waals surface area contributed by atoms with E-state index < -0.39 is 12.0 Å². The molecule has 0 spiro atoms. The normalized spacial score (nSPS) is 17.1. The topological polar surface area (TPSA) is 97.8 Å². The van der Waals surface area contributed by atoms with E-state index in [1.807, 2.05) is 36.4 Å². The molecule has 0 saturated heterocycles.